The number of nitrogens with one attached hydrogen (secondary N) is 1. The van der Waals surface area contributed by atoms with Gasteiger partial charge in [0.25, 0.3) is 0 Å². The average Bonchev–Trinajstić information content (AvgIpc) is 3.40. The zero-order valence-electron chi connectivity index (χ0n) is 30.5. The van der Waals surface area contributed by atoms with Gasteiger partial charge in [0.1, 0.15) is 30.7 Å². The number of carbonyl (C=O) groups excluding carboxylic acids is 1. The molecule has 3 aromatic rings. The molecule has 2 aromatic carbocycles. The molecule has 5 rings (SSSR count). The van der Waals surface area contributed by atoms with Crippen LogP contribution in [0.1, 0.15) is 51.5 Å². The topological polar surface area (TPSA) is 140 Å². The van der Waals surface area contributed by atoms with E-state index in [-0.39, 0.29) is 23.4 Å². The van der Waals surface area contributed by atoms with E-state index < -0.39 is 49.9 Å². The minimum Gasteiger partial charge on any atom is -0.407 e. The van der Waals surface area contributed by atoms with Gasteiger partial charge in [-0.3, -0.25) is 9.36 Å². The SMILES string of the molecule is COC1(OC)C=CC(C(OOC[C@H]2O[C@@H](n3ccc(NC(C)=O)nc3=O)[C@H](O[Si](C)(C)C(C)(C)C)[C@@H]2O)(c2ccccc2)c2ccccc2)=CC1. The summed E-state index contributed by atoms with van der Waals surface area (Å²) in [6, 6.07) is 20.9. The number of carbonyl (C=O) groups is 1. The summed E-state index contributed by atoms with van der Waals surface area (Å²) in [7, 11) is 0.693. The van der Waals surface area contributed by atoms with Crippen LogP contribution in [-0.2, 0) is 38.8 Å². The average molecular weight is 720 g/mol. The van der Waals surface area contributed by atoms with Gasteiger partial charge in [-0.05, 0) is 47.0 Å². The fourth-order valence-corrected chi connectivity index (χ4v) is 7.30. The zero-order chi connectivity index (χ0) is 37.0. The van der Waals surface area contributed by atoms with Crippen LogP contribution in [0, 0.1) is 0 Å². The lowest BCUT2D eigenvalue weighted by Gasteiger charge is -2.40. The summed E-state index contributed by atoms with van der Waals surface area (Å²) in [5.41, 5.74) is 0.470. The molecule has 0 bridgehead atoms. The molecule has 1 aromatic heterocycles. The minimum absolute atomic E-state index is 0.106. The van der Waals surface area contributed by atoms with Gasteiger partial charge in [0.2, 0.25) is 5.91 Å². The summed E-state index contributed by atoms with van der Waals surface area (Å²) in [5, 5.41) is 14.1. The Labute approximate surface area is 300 Å². The maximum atomic E-state index is 13.3. The molecule has 4 atom stereocenters. The van der Waals surface area contributed by atoms with E-state index in [1.54, 1.807) is 14.2 Å². The van der Waals surface area contributed by atoms with E-state index in [2.05, 4.69) is 44.2 Å². The fourth-order valence-electron chi connectivity index (χ4n) is 6.01. The summed E-state index contributed by atoms with van der Waals surface area (Å²) in [4.78, 5) is 41.5. The highest BCUT2D eigenvalue weighted by Gasteiger charge is 2.51. The molecule has 2 N–H and O–H groups in total. The van der Waals surface area contributed by atoms with E-state index in [0.29, 0.717) is 6.42 Å². The highest BCUT2D eigenvalue weighted by Crippen LogP contribution is 2.45. The van der Waals surface area contributed by atoms with E-state index in [1.807, 2.05) is 78.9 Å². The van der Waals surface area contributed by atoms with Crippen molar-refractivity contribution >= 4 is 20.0 Å². The largest absolute Gasteiger partial charge is 0.407 e. The van der Waals surface area contributed by atoms with Crippen LogP contribution in [0.15, 0.2) is 102 Å². The van der Waals surface area contributed by atoms with E-state index in [4.69, 9.17) is 28.4 Å². The highest BCUT2D eigenvalue weighted by molar-refractivity contribution is 6.74. The first-order valence-electron chi connectivity index (χ1n) is 17.0. The third kappa shape index (κ3) is 8.01. The number of hydrogen-bond acceptors (Lipinski definition) is 10. The highest BCUT2D eigenvalue weighted by atomic mass is 28.4. The summed E-state index contributed by atoms with van der Waals surface area (Å²) in [6.07, 6.45) is 3.52. The fraction of sp³-hybridized carbons (Fsp3) is 0.447. The summed E-state index contributed by atoms with van der Waals surface area (Å²) < 4.78 is 25.7. The van der Waals surface area contributed by atoms with Crippen molar-refractivity contribution in [2.75, 3.05) is 26.1 Å². The second kappa shape index (κ2) is 15.4. The Bertz CT molecular complexity index is 1730. The van der Waals surface area contributed by atoms with Crippen LogP contribution in [0.3, 0.4) is 0 Å². The van der Waals surface area contributed by atoms with Crippen molar-refractivity contribution in [1.82, 2.24) is 9.55 Å². The lowest BCUT2D eigenvalue weighted by molar-refractivity contribution is -0.356. The number of benzene rings is 2. The Morgan fingerprint density at radius 3 is 2.14 bits per heavy atom. The lowest BCUT2D eigenvalue weighted by atomic mass is 9.77. The molecule has 1 aliphatic carbocycles. The zero-order valence-corrected chi connectivity index (χ0v) is 31.5. The first-order valence-corrected chi connectivity index (χ1v) is 19.9. The van der Waals surface area contributed by atoms with Crippen molar-refractivity contribution in [2.24, 2.45) is 0 Å². The van der Waals surface area contributed by atoms with Crippen LogP contribution in [0.25, 0.3) is 0 Å². The third-order valence-electron chi connectivity index (χ3n) is 9.96. The number of aliphatic hydroxyl groups excluding tert-OH is 1. The van der Waals surface area contributed by atoms with Gasteiger partial charge >= 0.3 is 5.69 Å². The van der Waals surface area contributed by atoms with Crippen LogP contribution in [0.5, 0.6) is 0 Å². The number of aromatic nitrogens is 2. The summed E-state index contributed by atoms with van der Waals surface area (Å²) in [5.74, 6) is -1.18. The van der Waals surface area contributed by atoms with Crippen molar-refractivity contribution in [3.05, 3.63) is 118 Å². The number of ether oxygens (including phenoxy) is 3. The number of nitrogens with zero attached hydrogens (tertiary/aromatic N) is 2. The quantitative estimate of drug-likeness (QED) is 0.0991. The molecule has 51 heavy (non-hydrogen) atoms. The number of aliphatic hydroxyl groups is 1. The first kappa shape index (κ1) is 38.4. The number of anilines is 1. The number of hydrogen-bond donors (Lipinski definition) is 2. The summed E-state index contributed by atoms with van der Waals surface area (Å²) in [6.45, 7) is 11.5. The van der Waals surface area contributed by atoms with E-state index in [0.717, 1.165) is 16.7 Å². The maximum absolute atomic E-state index is 13.3. The monoisotopic (exact) mass is 719 g/mol. The Balaban J connectivity index is 1.49. The molecule has 13 heteroatoms. The van der Waals surface area contributed by atoms with Crippen molar-refractivity contribution in [1.29, 1.82) is 0 Å². The summed E-state index contributed by atoms with van der Waals surface area (Å²) >= 11 is 0. The van der Waals surface area contributed by atoms with Gasteiger partial charge in [-0.1, -0.05) is 93.6 Å². The smallest absolute Gasteiger partial charge is 0.351 e. The second-order valence-corrected chi connectivity index (χ2v) is 19.0. The molecule has 2 heterocycles. The molecule has 1 aliphatic heterocycles. The van der Waals surface area contributed by atoms with Gasteiger partial charge in [-0.25, -0.2) is 14.6 Å². The number of methoxy groups -OCH3 is 2. The normalized spacial score (nSPS) is 22.1. The standard InChI is InChI=1S/C38H49N3O9Si/c1-26(42)39-31-21-24-41(35(44)40-31)34-33(49-51(7,8)36(2,3)4)32(43)30(48-34)25-47-50-38(27-15-11-9-12-16-27,28-17-13-10-14-18-28)29-19-22-37(45-5,46-6)23-20-29/h9-22,24,30,32-34,43H,23,25H2,1-8H3,(H,39,40,42,44)/t30-,32-,33-,34-/m1/s1. The van der Waals surface area contributed by atoms with Crippen LogP contribution in [0.2, 0.25) is 18.1 Å². The third-order valence-corrected chi connectivity index (χ3v) is 14.4. The van der Waals surface area contributed by atoms with Crippen LogP contribution in [-0.4, -0.2) is 73.8 Å². The van der Waals surface area contributed by atoms with Crippen molar-refractivity contribution in [2.45, 2.75) is 88.2 Å². The van der Waals surface area contributed by atoms with Crippen molar-refractivity contribution < 1.29 is 38.3 Å². The molecule has 12 nitrogen and oxygen atoms in total. The van der Waals surface area contributed by atoms with E-state index in [9.17, 15) is 14.7 Å². The Morgan fingerprint density at radius 2 is 1.65 bits per heavy atom. The Kier molecular flexibility index (Phi) is 11.6. The Hall–Kier alpha value is -3.79. The van der Waals surface area contributed by atoms with Crippen LogP contribution in [0.4, 0.5) is 5.82 Å². The van der Waals surface area contributed by atoms with Gasteiger partial charge in [0.15, 0.2) is 25.9 Å². The molecule has 1 amide bonds. The van der Waals surface area contributed by atoms with Gasteiger partial charge in [-0.2, -0.15) is 4.98 Å². The Morgan fingerprint density at radius 1 is 1.04 bits per heavy atom. The van der Waals surface area contributed by atoms with Gasteiger partial charge in [0, 0.05) is 33.8 Å². The van der Waals surface area contributed by atoms with E-state index >= 15 is 0 Å². The van der Waals surface area contributed by atoms with Crippen LogP contribution < -0.4 is 11.0 Å². The van der Waals surface area contributed by atoms with Gasteiger partial charge in [-0.15, -0.1) is 0 Å². The first-order chi connectivity index (χ1) is 24.2. The van der Waals surface area contributed by atoms with Crippen molar-refractivity contribution in [3.8, 4) is 0 Å². The van der Waals surface area contributed by atoms with Crippen LogP contribution >= 0.6 is 0 Å². The molecule has 1 saturated heterocycles. The molecular formula is C38H49N3O9Si. The van der Waals surface area contributed by atoms with E-state index in [1.165, 1.54) is 23.8 Å². The van der Waals surface area contributed by atoms with Gasteiger partial charge < -0.3 is 29.1 Å². The predicted molar refractivity (Wildman–Crippen MR) is 194 cm³/mol. The van der Waals surface area contributed by atoms with Crippen molar-refractivity contribution in [3.63, 3.8) is 0 Å². The molecule has 0 radical (unpaired) electrons. The lowest BCUT2D eigenvalue weighted by Crippen LogP contribution is -2.49. The maximum Gasteiger partial charge on any atom is 0.351 e. The molecule has 0 unspecified atom stereocenters. The molecule has 0 spiro atoms. The van der Waals surface area contributed by atoms with Gasteiger partial charge in [0.05, 0.1) is 0 Å². The second-order valence-electron chi connectivity index (χ2n) is 14.3. The number of amides is 1. The predicted octanol–water partition coefficient (Wildman–Crippen LogP) is 5.62. The molecular weight excluding hydrogens is 671 g/mol. The molecule has 1 fully saturated rings. The minimum atomic E-state index is -2.50. The number of rotatable bonds is 13. The molecule has 274 valence electrons. The molecule has 0 saturated carbocycles. The molecule has 2 aliphatic rings.